The molecule has 0 amide bonds. The minimum Gasteiger partial charge on any atom is -0.332 e. The Labute approximate surface area is 115 Å². The van der Waals surface area contributed by atoms with Gasteiger partial charge in [-0.05, 0) is 13.1 Å². The fourth-order valence-corrected chi connectivity index (χ4v) is 3.09. The van der Waals surface area contributed by atoms with Crippen LogP contribution in [0.15, 0.2) is 6.20 Å². The zero-order valence-corrected chi connectivity index (χ0v) is 12.7. The van der Waals surface area contributed by atoms with Crippen molar-refractivity contribution in [2.45, 2.75) is 33.5 Å². The van der Waals surface area contributed by atoms with Crippen molar-refractivity contribution in [1.29, 1.82) is 0 Å². The van der Waals surface area contributed by atoms with Gasteiger partial charge in [0.1, 0.15) is 5.82 Å². The monoisotopic (exact) mass is 286 g/mol. The number of rotatable bonds is 5. The maximum atomic E-state index is 11.6. The summed E-state index contributed by atoms with van der Waals surface area (Å²) in [7, 11) is -3.12. The lowest BCUT2D eigenvalue weighted by molar-refractivity contribution is 0.292. The molecular weight excluding hydrogens is 264 g/mol. The highest BCUT2D eigenvalue weighted by Gasteiger charge is 2.24. The van der Waals surface area contributed by atoms with E-state index in [1.165, 1.54) is 10.6 Å². The van der Waals surface area contributed by atoms with E-state index in [-0.39, 0.29) is 0 Å². The van der Waals surface area contributed by atoms with E-state index in [0.29, 0.717) is 19.6 Å². The number of hydrogen-bond donors (Lipinski definition) is 0. The van der Waals surface area contributed by atoms with Gasteiger partial charge < -0.3 is 4.57 Å². The molecule has 1 aromatic rings. The van der Waals surface area contributed by atoms with Crippen molar-refractivity contribution in [2.24, 2.45) is 0 Å². The molecular formula is C12H22N4O2S. The molecule has 0 unspecified atom stereocenters. The lowest BCUT2D eigenvalue weighted by Crippen LogP contribution is -2.37. The van der Waals surface area contributed by atoms with E-state index < -0.39 is 10.0 Å². The van der Waals surface area contributed by atoms with E-state index in [1.807, 2.05) is 6.20 Å². The third-order valence-corrected chi connectivity index (χ3v) is 4.82. The van der Waals surface area contributed by atoms with Gasteiger partial charge in [-0.15, -0.1) is 0 Å². The van der Waals surface area contributed by atoms with Crippen LogP contribution in [-0.2, 0) is 29.7 Å². The normalized spacial score (nSPS) is 16.8. The van der Waals surface area contributed by atoms with Gasteiger partial charge in [0.25, 0.3) is 0 Å². The lowest BCUT2D eigenvalue weighted by atomic mass is 10.4. The number of hydrogen-bond acceptors (Lipinski definition) is 4. The van der Waals surface area contributed by atoms with Gasteiger partial charge in [-0.25, -0.2) is 13.4 Å². The van der Waals surface area contributed by atoms with Crippen molar-refractivity contribution < 1.29 is 8.42 Å². The molecule has 2 rings (SSSR count). The fraction of sp³-hybridized carbons (Fsp3) is 0.750. The molecule has 0 fully saturated rings. The van der Waals surface area contributed by atoms with E-state index in [0.717, 1.165) is 31.2 Å². The Morgan fingerprint density at radius 3 is 2.58 bits per heavy atom. The largest absolute Gasteiger partial charge is 0.332 e. The fourth-order valence-electron chi connectivity index (χ4n) is 2.32. The Kier molecular flexibility index (Phi) is 4.27. The Bertz CT molecular complexity index is 534. The molecule has 7 heteroatoms. The Morgan fingerprint density at radius 2 is 2.00 bits per heavy atom. The number of fused-ring (bicyclic) bond motifs is 1. The molecule has 1 aliphatic heterocycles. The first kappa shape index (κ1) is 14.5. The van der Waals surface area contributed by atoms with Crippen LogP contribution in [0.2, 0.25) is 0 Å². The summed E-state index contributed by atoms with van der Waals surface area (Å²) in [5.74, 6) is 0.846. The van der Waals surface area contributed by atoms with Crippen molar-refractivity contribution in [3.8, 4) is 0 Å². The third kappa shape index (κ3) is 3.34. The summed E-state index contributed by atoms with van der Waals surface area (Å²) in [4.78, 5) is 6.86. The second-order valence-electron chi connectivity index (χ2n) is 4.90. The van der Waals surface area contributed by atoms with Gasteiger partial charge in [-0.3, -0.25) is 4.90 Å². The first-order valence-corrected chi connectivity index (χ1v) is 8.51. The molecule has 0 saturated heterocycles. The van der Waals surface area contributed by atoms with Crippen LogP contribution in [0.5, 0.6) is 0 Å². The second kappa shape index (κ2) is 5.60. The number of imidazole rings is 1. The van der Waals surface area contributed by atoms with Gasteiger partial charge in [-0.1, -0.05) is 13.8 Å². The predicted molar refractivity (Wildman–Crippen MR) is 74.1 cm³/mol. The van der Waals surface area contributed by atoms with Gasteiger partial charge in [-0.2, -0.15) is 4.31 Å². The molecule has 0 aliphatic carbocycles. The van der Waals surface area contributed by atoms with Crippen LogP contribution >= 0.6 is 0 Å². The zero-order valence-electron chi connectivity index (χ0n) is 11.8. The van der Waals surface area contributed by atoms with Crippen molar-refractivity contribution in [2.75, 3.05) is 25.9 Å². The summed E-state index contributed by atoms with van der Waals surface area (Å²) in [6.45, 7) is 8.68. The summed E-state index contributed by atoms with van der Waals surface area (Å²) in [6.07, 6.45) is 3.30. The smallest absolute Gasteiger partial charge is 0.211 e. The molecule has 1 aliphatic rings. The zero-order chi connectivity index (χ0) is 14.0. The second-order valence-corrected chi connectivity index (χ2v) is 6.88. The minimum atomic E-state index is -3.12. The van der Waals surface area contributed by atoms with Crippen LogP contribution < -0.4 is 0 Å². The summed E-state index contributed by atoms with van der Waals surface area (Å²) < 4.78 is 26.7. The minimum absolute atomic E-state index is 0.386. The molecule has 0 spiro atoms. The van der Waals surface area contributed by atoms with E-state index in [2.05, 4.69) is 28.3 Å². The molecule has 0 radical (unpaired) electrons. The quantitative estimate of drug-likeness (QED) is 0.791. The van der Waals surface area contributed by atoms with Crippen LogP contribution in [0, 0.1) is 0 Å². The Hall–Kier alpha value is -0.920. The van der Waals surface area contributed by atoms with E-state index in [4.69, 9.17) is 0 Å². The highest BCUT2D eigenvalue weighted by Crippen LogP contribution is 2.16. The van der Waals surface area contributed by atoms with Crippen LogP contribution in [0.4, 0.5) is 0 Å². The molecule has 19 heavy (non-hydrogen) atoms. The highest BCUT2D eigenvalue weighted by atomic mass is 32.2. The maximum absolute atomic E-state index is 11.6. The van der Waals surface area contributed by atoms with E-state index in [9.17, 15) is 8.42 Å². The number of nitrogens with zero attached hydrogens (tertiary/aromatic N) is 4. The molecule has 108 valence electrons. The number of aromatic nitrogens is 2. The van der Waals surface area contributed by atoms with Crippen molar-refractivity contribution in [3.63, 3.8) is 0 Å². The van der Waals surface area contributed by atoms with Gasteiger partial charge >= 0.3 is 0 Å². The van der Waals surface area contributed by atoms with Crippen molar-refractivity contribution in [1.82, 2.24) is 18.8 Å². The molecule has 0 bridgehead atoms. The lowest BCUT2D eigenvalue weighted by Gasteiger charge is -2.25. The molecule has 2 heterocycles. The molecule has 0 aromatic carbocycles. The Morgan fingerprint density at radius 1 is 1.32 bits per heavy atom. The molecule has 1 aromatic heterocycles. The van der Waals surface area contributed by atoms with E-state index >= 15 is 0 Å². The van der Waals surface area contributed by atoms with E-state index in [1.54, 1.807) is 0 Å². The average molecular weight is 286 g/mol. The first-order valence-electron chi connectivity index (χ1n) is 6.66. The van der Waals surface area contributed by atoms with Crippen LogP contribution in [0.25, 0.3) is 0 Å². The summed E-state index contributed by atoms with van der Waals surface area (Å²) >= 11 is 0. The summed E-state index contributed by atoms with van der Waals surface area (Å²) in [5.41, 5.74) is 1.02. The van der Waals surface area contributed by atoms with Crippen molar-refractivity contribution in [3.05, 3.63) is 17.7 Å². The standard InChI is InChI=1S/C12H22N4O2S/c1-4-14(5-2)8-11-9-15-6-7-16(19(3,17)18)10-12(15)13-11/h9H,4-8,10H2,1-3H3. The van der Waals surface area contributed by atoms with Crippen LogP contribution in [0.3, 0.4) is 0 Å². The van der Waals surface area contributed by atoms with Crippen LogP contribution in [-0.4, -0.2) is 53.1 Å². The topological polar surface area (TPSA) is 58.4 Å². The molecule has 0 saturated carbocycles. The first-order chi connectivity index (χ1) is 8.94. The molecule has 6 nitrogen and oxygen atoms in total. The summed E-state index contributed by atoms with van der Waals surface area (Å²) in [5, 5.41) is 0. The molecule has 0 atom stereocenters. The predicted octanol–water partition coefficient (Wildman–Crippen LogP) is 0.500. The molecule has 0 N–H and O–H groups in total. The SMILES string of the molecule is CCN(CC)Cc1cn2c(n1)CN(S(C)(=O)=O)CC2. The summed E-state index contributed by atoms with van der Waals surface area (Å²) in [6, 6.07) is 0. The van der Waals surface area contributed by atoms with Gasteiger partial charge in [0, 0.05) is 25.8 Å². The third-order valence-electron chi connectivity index (χ3n) is 3.57. The maximum Gasteiger partial charge on any atom is 0.211 e. The van der Waals surface area contributed by atoms with Gasteiger partial charge in [0.05, 0.1) is 18.5 Å². The van der Waals surface area contributed by atoms with Gasteiger partial charge in [0.2, 0.25) is 10.0 Å². The average Bonchev–Trinajstić information content (AvgIpc) is 2.76. The Balaban J connectivity index is 2.12. The van der Waals surface area contributed by atoms with Crippen LogP contribution in [0.1, 0.15) is 25.4 Å². The van der Waals surface area contributed by atoms with Crippen molar-refractivity contribution >= 4 is 10.0 Å². The highest BCUT2D eigenvalue weighted by molar-refractivity contribution is 7.88. The van der Waals surface area contributed by atoms with Gasteiger partial charge in [0.15, 0.2) is 0 Å². The number of sulfonamides is 1.